The second-order valence-electron chi connectivity index (χ2n) is 4.11. The number of nitrogens with zero attached hydrogens (tertiary/aromatic N) is 2. The Kier molecular flexibility index (Phi) is 4.39. The maximum Gasteiger partial charge on any atom is 0.264 e. The van der Waals surface area contributed by atoms with Crippen LogP contribution in [-0.2, 0) is 13.0 Å². The van der Waals surface area contributed by atoms with Gasteiger partial charge in [-0.2, -0.15) is 4.98 Å². The molecule has 0 radical (unpaired) electrons. The van der Waals surface area contributed by atoms with E-state index in [1.807, 2.05) is 6.92 Å². The van der Waals surface area contributed by atoms with Crippen molar-refractivity contribution in [1.82, 2.24) is 10.1 Å². The van der Waals surface area contributed by atoms with Crippen LogP contribution in [0, 0.1) is 0 Å². The van der Waals surface area contributed by atoms with Crippen molar-refractivity contribution in [1.29, 1.82) is 0 Å². The molecule has 1 unspecified atom stereocenters. The second kappa shape index (κ2) is 6.04. The lowest BCUT2D eigenvalue weighted by Crippen LogP contribution is -1.98. The summed E-state index contributed by atoms with van der Waals surface area (Å²) in [4.78, 5) is 4.13. The SMILES string of the molecule is CCc1noc(COc2ccc(C(C)O)cc2Cl)n1. The van der Waals surface area contributed by atoms with Crippen molar-refractivity contribution >= 4 is 11.6 Å². The molecule has 2 aromatic rings. The molecule has 0 saturated carbocycles. The predicted octanol–water partition coefficient (Wildman–Crippen LogP) is 2.92. The number of benzene rings is 1. The zero-order valence-corrected chi connectivity index (χ0v) is 11.5. The quantitative estimate of drug-likeness (QED) is 0.913. The van der Waals surface area contributed by atoms with E-state index in [2.05, 4.69) is 10.1 Å². The molecule has 0 bridgehead atoms. The number of aromatic nitrogens is 2. The molecule has 1 aromatic heterocycles. The van der Waals surface area contributed by atoms with Crippen molar-refractivity contribution in [3.8, 4) is 5.75 Å². The van der Waals surface area contributed by atoms with Gasteiger partial charge in [0.25, 0.3) is 5.89 Å². The largest absolute Gasteiger partial charge is 0.482 e. The van der Waals surface area contributed by atoms with Gasteiger partial charge < -0.3 is 14.4 Å². The summed E-state index contributed by atoms with van der Waals surface area (Å²) < 4.78 is 10.5. The number of halogens is 1. The molecule has 0 aliphatic rings. The fourth-order valence-electron chi connectivity index (χ4n) is 1.53. The molecule has 1 heterocycles. The first-order valence-corrected chi connectivity index (χ1v) is 6.39. The van der Waals surface area contributed by atoms with Gasteiger partial charge in [0.1, 0.15) is 5.75 Å². The van der Waals surface area contributed by atoms with Crippen LogP contribution < -0.4 is 4.74 Å². The number of aliphatic hydroxyl groups excluding tert-OH is 1. The van der Waals surface area contributed by atoms with Crippen molar-refractivity contribution in [3.63, 3.8) is 0 Å². The van der Waals surface area contributed by atoms with Gasteiger partial charge in [0, 0.05) is 6.42 Å². The summed E-state index contributed by atoms with van der Waals surface area (Å²) in [6.45, 7) is 3.79. The molecule has 19 heavy (non-hydrogen) atoms. The van der Waals surface area contributed by atoms with Crippen molar-refractivity contribution < 1.29 is 14.4 Å². The van der Waals surface area contributed by atoms with Gasteiger partial charge in [-0.15, -0.1) is 0 Å². The van der Waals surface area contributed by atoms with E-state index in [0.717, 1.165) is 5.56 Å². The lowest BCUT2D eigenvalue weighted by Gasteiger charge is -2.09. The number of hydrogen-bond acceptors (Lipinski definition) is 5. The smallest absolute Gasteiger partial charge is 0.264 e. The number of aliphatic hydroxyl groups is 1. The Morgan fingerprint density at radius 2 is 2.26 bits per heavy atom. The van der Waals surface area contributed by atoms with E-state index in [0.29, 0.717) is 28.9 Å². The molecule has 2 rings (SSSR count). The van der Waals surface area contributed by atoms with Gasteiger partial charge in [-0.1, -0.05) is 29.7 Å². The minimum Gasteiger partial charge on any atom is -0.482 e. The first-order chi connectivity index (χ1) is 9.10. The minimum absolute atomic E-state index is 0.167. The van der Waals surface area contributed by atoms with Crippen molar-refractivity contribution in [2.45, 2.75) is 33.0 Å². The number of ether oxygens (including phenoxy) is 1. The van der Waals surface area contributed by atoms with Crippen molar-refractivity contribution in [3.05, 3.63) is 40.5 Å². The van der Waals surface area contributed by atoms with Gasteiger partial charge >= 0.3 is 0 Å². The Bertz CT molecular complexity index is 555. The third-order valence-corrected chi connectivity index (χ3v) is 2.91. The monoisotopic (exact) mass is 282 g/mol. The minimum atomic E-state index is -0.561. The summed E-state index contributed by atoms with van der Waals surface area (Å²) in [5.74, 6) is 1.57. The molecule has 1 atom stereocenters. The van der Waals surface area contributed by atoms with E-state index < -0.39 is 6.10 Å². The Labute approximate surface area is 116 Å². The standard InChI is InChI=1S/C13H15ClN2O3/c1-3-12-15-13(19-16-12)7-18-11-5-4-9(8(2)17)6-10(11)14/h4-6,8,17H,3,7H2,1-2H3. The molecule has 6 heteroatoms. The van der Waals surface area contributed by atoms with Crippen LogP contribution in [0.1, 0.15) is 37.2 Å². The average Bonchev–Trinajstić information content (AvgIpc) is 2.85. The van der Waals surface area contributed by atoms with E-state index in [-0.39, 0.29) is 6.61 Å². The van der Waals surface area contributed by atoms with Gasteiger partial charge in [-0.25, -0.2) is 0 Å². The number of hydrogen-bond donors (Lipinski definition) is 1. The maximum absolute atomic E-state index is 9.44. The summed E-state index contributed by atoms with van der Waals surface area (Å²) in [5, 5.41) is 13.7. The van der Waals surface area contributed by atoms with Gasteiger partial charge in [0.15, 0.2) is 12.4 Å². The highest BCUT2D eigenvalue weighted by Gasteiger charge is 2.09. The molecule has 1 N–H and O–H groups in total. The van der Waals surface area contributed by atoms with Crippen LogP contribution in [0.25, 0.3) is 0 Å². The summed E-state index contributed by atoms with van der Waals surface area (Å²) in [6, 6.07) is 5.14. The molecule has 0 aliphatic heterocycles. The first kappa shape index (κ1) is 13.8. The third-order valence-electron chi connectivity index (χ3n) is 2.62. The summed E-state index contributed by atoms with van der Waals surface area (Å²) in [5.41, 5.74) is 0.739. The summed E-state index contributed by atoms with van der Waals surface area (Å²) >= 11 is 6.07. The zero-order valence-electron chi connectivity index (χ0n) is 10.8. The molecule has 0 fully saturated rings. The Hall–Kier alpha value is -1.59. The lowest BCUT2D eigenvalue weighted by molar-refractivity contribution is 0.199. The van der Waals surface area contributed by atoms with Gasteiger partial charge in [0.2, 0.25) is 0 Å². The van der Waals surface area contributed by atoms with Crippen LogP contribution in [0.4, 0.5) is 0 Å². The van der Waals surface area contributed by atoms with E-state index in [1.54, 1.807) is 25.1 Å². The summed E-state index contributed by atoms with van der Waals surface area (Å²) in [6.07, 6.45) is 0.155. The van der Waals surface area contributed by atoms with Crippen LogP contribution in [0.2, 0.25) is 5.02 Å². The topological polar surface area (TPSA) is 68.4 Å². The summed E-state index contributed by atoms with van der Waals surface area (Å²) in [7, 11) is 0. The number of rotatable bonds is 5. The van der Waals surface area contributed by atoms with Crippen LogP contribution >= 0.6 is 11.6 Å². The molecule has 102 valence electrons. The Morgan fingerprint density at radius 1 is 1.47 bits per heavy atom. The molecule has 0 spiro atoms. The zero-order chi connectivity index (χ0) is 13.8. The maximum atomic E-state index is 9.44. The molecule has 0 saturated heterocycles. The molecule has 0 aliphatic carbocycles. The van der Waals surface area contributed by atoms with Crippen LogP contribution in [-0.4, -0.2) is 15.2 Å². The Balaban J connectivity index is 2.03. The van der Waals surface area contributed by atoms with E-state index >= 15 is 0 Å². The normalized spacial score (nSPS) is 12.4. The van der Waals surface area contributed by atoms with Gasteiger partial charge in [-0.3, -0.25) is 0 Å². The van der Waals surface area contributed by atoms with E-state index in [4.69, 9.17) is 20.9 Å². The van der Waals surface area contributed by atoms with Crippen molar-refractivity contribution in [2.75, 3.05) is 0 Å². The van der Waals surface area contributed by atoms with Gasteiger partial charge in [0.05, 0.1) is 11.1 Å². The first-order valence-electron chi connectivity index (χ1n) is 6.02. The van der Waals surface area contributed by atoms with E-state index in [9.17, 15) is 5.11 Å². The predicted molar refractivity (Wildman–Crippen MR) is 70.1 cm³/mol. The highest BCUT2D eigenvalue weighted by atomic mass is 35.5. The van der Waals surface area contributed by atoms with Crippen LogP contribution in [0.15, 0.2) is 22.7 Å². The second-order valence-corrected chi connectivity index (χ2v) is 4.52. The molecule has 5 nitrogen and oxygen atoms in total. The van der Waals surface area contributed by atoms with Crippen LogP contribution in [0.5, 0.6) is 5.75 Å². The molecule has 1 aromatic carbocycles. The molecular formula is C13H15ClN2O3. The molecular weight excluding hydrogens is 268 g/mol. The highest BCUT2D eigenvalue weighted by Crippen LogP contribution is 2.28. The van der Waals surface area contributed by atoms with Gasteiger partial charge in [-0.05, 0) is 24.6 Å². The third kappa shape index (κ3) is 3.45. The van der Waals surface area contributed by atoms with Crippen LogP contribution in [0.3, 0.4) is 0 Å². The average molecular weight is 283 g/mol. The molecule has 0 amide bonds. The Morgan fingerprint density at radius 3 is 2.84 bits per heavy atom. The van der Waals surface area contributed by atoms with Crippen molar-refractivity contribution in [2.24, 2.45) is 0 Å². The highest BCUT2D eigenvalue weighted by molar-refractivity contribution is 6.32. The fourth-order valence-corrected chi connectivity index (χ4v) is 1.77. The lowest BCUT2D eigenvalue weighted by atomic mass is 10.1. The fraction of sp³-hybridized carbons (Fsp3) is 0.385. The van der Waals surface area contributed by atoms with E-state index in [1.165, 1.54) is 0 Å². The number of aryl methyl sites for hydroxylation is 1.